The maximum absolute atomic E-state index is 13.0. The van der Waals surface area contributed by atoms with Crippen LogP contribution in [0.5, 0.6) is 0 Å². The quantitative estimate of drug-likeness (QED) is 0.435. The van der Waals surface area contributed by atoms with E-state index in [-0.39, 0.29) is 36.0 Å². The largest absolute Gasteiger partial charge is 0.378 e. The van der Waals surface area contributed by atoms with Crippen LogP contribution in [0.1, 0.15) is 58.8 Å². The molecule has 3 amide bonds. The van der Waals surface area contributed by atoms with E-state index in [2.05, 4.69) is 16.0 Å². The molecule has 2 saturated heterocycles. The van der Waals surface area contributed by atoms with Crippen molar-refractivity contribution in [2.45, 2.75) is 77.0 Å². The maximum atomic E-state index is 13.0. The van der Waals surface area contributed by atoms with Crippen molar-refractivity contribution in [2.24, 2.45) is 35.5 Å². The lowest BCUT2D eigenvalue weighted by Gasteiger charge is -2.28. The molecule has 4 rings (SSSR count). The third-order valence-corrected chi connectivity index (χ3v) is 8.06. The minimum atomic E-state index is -0.732. The average molecular weight is 448 g/mol. The number of hydrogen-bond donors (Lipinski definition) is 3. The highest BCUT2D eigenvalue weighted by Gasteiger charge is 2.53. The van der Waals surface area contributed by atoms with E-state index in [4.69, 9.17) is 4.74 Å². The Morgan fingerprint density at radius 2 is 2.00 bits per heavy atom. The Labute approximate surface area is 190 Å². The molecule has 4 fully saturated rings. The second kappa shape index (κ2) is 9.89. The number of rotatable bonds is 10. The molecule has 3 unspecified atom stereocenters. The van der Waals surface area contributed by atoms with E-state index in [1.54, 1.807) is 0 Å². The van der Waals surface area contributed by atoms with Crippen molar-refractivity contribution in [1.82, 2.24) is 16.0 Å². The summed E-state index contributed by atoms with van der Waals surface area (Å²) in [6, 6.07) is -1.42. The molecule has 2 heterocycles. The van der Waals surface area contributed by atoms with Crippen LogP contribution in [0.2, 0.25) is 0 Å². The molecule has 0 spiro atoms. The highest BCUT2D eigenvalue weighted by molar-refractivity contribution is 5.89. The molecule has 0 radical (unpaired) electrons. The molecule has 2 bridgehead atoms. The van der Waals surface area contributed by atoms with E-state index in [1.165, 1.54) is 6.42 Å². The van der Waals surface area contributed by atoms with Gasteiger partial charge in [-0.3, -0.25) is 14.4 Å². The van der Waals surface area contributed by atoms with E-state index in [9.17, 15) is 19.2 Å². The summed E-state index contributed by atoms with van der Waals surface area (Å²) in [5.74, 6) is 1.41. The van der Waals surface area contributed by atoms with Gasteiger partial charge < -0.3 is 25.5 Å². The third kappa shape index (κ3) is 5.00. The Morgan fingerprint density at radius 3 is 2.69 bits per heavy atom. The Hall–Kier alpha value is -1.96. The first-order chi connectivity index (χ1) is 15.4. The van der Waals surface area contributed by atoms with Crippen LogP contribution < -0.4 is 16.0 Å². The number of aldehydes is 1. The zero-order valence-corrected chi connectivity index (χ0v) is 19.2. The summed E-state index contributed by atoms with van der Waals surface area (Å²) in [6.07, 6.45) is 6.35. The van der Waals surface area contributed by atoms with Gasteiger partial charge in [0.05, 0.1) is 18.8 Å². The van der Waals surface area contributed by atoms with Crippen molar-refractivity contribution in [3.63, 3.8) is 0 Å². The molecule has 178 valence electrons. The average Bonchev–Trinajstić information content (AvgIpc) is 3.41. The van der Waals surface area contributed by atoms with E-state index in [1.807, 2.05) is 13.8 Å². The van der Waals surface area contributed by atoms with Crippen LogP contribution in [0, 0.1) is 35.5 Å². The van der Waals surface area contributed by atoms with Gasteiger partial charge in [0, 0.05) is 18.9 Å². The predicted octanol–water partition coefficient (Wildman–Crippen LogP) is 1.18. The molecule has 8 atom stereocenters. The Bertz CT molecular complexity index is 741. The Morgan fingerprint density at radius 1 is 1.19 bits per heavy atom. The highest BCUT2D eigenvalue weighted by atomic mass is 16.5. The minimum absolute atomic E-state index is 0.0713. The van der Waals surface area contributed by atoms with Gasteiger partial charge in [-0.1, -0.05) is 13.8 Å². The van der Waals surface area contributed by atoms with E-state index < -0.39 is 12.1 Å². The zero-order valence-electron chi connectivity index (χ0n) is 19.2. The zero-order chi connectivity index (χ0) is 22.8. The van der Waals surface area contributed by atoms with Gasteiger partial charge in [0.2, 0.25) is 17.7 Å². The van der Waals surface area contributed by atoms with Crippen LogP contribution in [0.25, 0.3) is 0 Å². The minimum Gasteiger partial charge on any atom is -0.378 e. The standard InChI is InChI=1S/C24H37N3O5/c1-13(2)7-20(24(31)26-16(11-28)8-15-5-6-25-23(15)30)27-22(29)10-17-14-3-4-21-18(9-14)19(17)12-32-21/h11,13-21H,3-10,12H2,1-2H3,(H,25,30)(H,26,31)(H,27,29)/t14?,15?,16-,17-,18?,19-,20-,21+/m0/s1. The first-order valence-corrected chi connectivity index (χ1v) is 12.3. The van der Waals surface area contributed by atoms with Gasteiger partial charge in [-0.05, 0) is 68.1 Å². The maximum Gasteiger partial charge on any atom is 0.243 e. The molecular weight excluding hydrogens is 410 g/mol. The predicted molar refractivity (Wildman–Crippen MR) is 117 cm³/mol. The molecular formula is C24H37N3O5. The van der Waals surface area contributed by atoms with Crippen molar-refractivity contribution in [3.8, 4) is 0 Å². The van der Waals surface area contributed by atoms with Crippen LogP contribution in [0.3, 0.4) is 0 Å². The van der Waals surface area contributed by atoms with Crippen molar-refractivity contribution < 1.29 is 23.9 Å². The van der Waals surface area contributed by atoms with E-state index >= 15 is 0 Å². The topological polar surface area (TPSA) is 114 Å². The van der Waals surface area contributed by atoms with Gasteiger partial charge in [-0.2, -0.15) is 0 Å². The first-order valence-electron chi connectivity index (χ1n) is 12.3. The molecule has 8 nitrogen and oxygen atoms in total. The second-order valence-corrected chi connectivity index (χ2v) is 10.7. The van der Waals surface area contributed by atoms with E-state index in [0.717, 1.165) is 19.4 Å². The van der Waals surface area contributed by atoms with E-state index in [0.29, 0.717) is 61.9 Å². The monoisotopic (exact) mass is 447 g/mol. The van der Waals surface area contributed by atoms with Crippen LogP contribution in [0.15, 0.2) is 0 Å². The summed E-state index contributed by atoms with van der Waals surface area (Å²) in [5.41, 5.74) is 0. The molecule has 0 aromatic heterocycles. The summed E-state index contributed by atoms with van der Waals surface area (Å²) in [4.78, 5) is 49.4. The third-order valence-electron chi connectivity index (χ3n) is 8.06. The van der Waals surface area contributed by atoms with Crippen molar-refractivity contribution in [2.75, 3.05) is 13.2 Å². The van der Waals surface area contributed by atoms with Crippen LogP contribution in [0.4, 0.5) is 0 Å². The number of hydrogen-bond acceptors (Lipinski definition) is 5. The normalized spacial score (nSPS) is 34.8. The van der Waals surface area contributed by atoms with Gasteiger partial charge >= 0.3 is 0 Å². The van der Waals surface area contributed by atoms with Gasteiger partial charge in [-0.25, -0.2) is 0 Å². The molecule has 3 N–H and O–H groups in total. The SMILES string of the molecule is CC(C)C[C@H](NC(=O)C[C@H]1C2CC[C@H]3OC[C@@H]1C3C2)C(=O)N[C@H](C=O)CC1CCNC1=O. The van der Waals surface area contributed by atoms with Gasteiger partial charge in [0.15, 0.2) is 0 Å². The number of ether oxygens (including phenoxy) is 1. The van der Waals surface area contributed by atoms with Gasteiger partial charge in [0.25, 0.3) is 0 Å². The molecule has 2 saturated carbocycles. The second-order valence-electron chi connectivity index (χ2n) is 10.7. The molecule has 0 aromatic rings. The fraction of sp³-hybridized carbons (Fsp3) is 0.833. The fourth-order valence-corrected chi connectivity index (χ4v) is 6.50. The number of carbonyl (C=O) groups is 4. The molecule has 2 aliphatic heterocycles. The molecule has 8 heteroatoms. The number of amides is 3. The number of carbonyl (C=O) groups excluding carboxylic acids is 4. The lowest BCUT2D eigenvalue weighted by Crippen LogP contribution is -2.51. The lowest BCUT2D eigenvalue weighted by atomic mass is 9.84. The van der Waals surface area contributed by atoms with Crippen molar-refractivity contribution >= 4 is 24.0 Å². The summed E-state index contributed by atoms with van der Waals surface area (Å²) >= 11 is 0. The Balaban J connectivity index is 1.33. The number of nitrogens with one attached hydrogen (secondary N) is 3. The summed E-state index contributed by atoms with van der Waals surface area (Å²) in [5, 5.41) is 8.47. The lowest BCUT2D eigenvalue weighted by molar-refractivity contribution is -0.131. The highest BCUT2D eigenvalue weighted by Crippen LogP contribution is 2.55. The van der Waals surface area contributed by atoms with Crippen LogP contribution in [-0.2, 0) is 23.9 Å². The van der Waals surface area contributed by atoms with Crippen molar-refractivity contribution in [3.05, 3.63) is 0 Å². The van der Waals surface area contributed by atoms with Crippen molar-refractivity contribution in [1.29, 1.82) is 0 Å². The molecule has 4 aliphatic rings. The molecule has 2 aliphatic carbocycles. The Kier molecular flexibility index (Phi) is 7.17. The molecule has 32 heavy (non-hydrogen) atoms. The smallest absolute Gasteiger partial charge is 0.243 e. The summed E-state index contributed by atoms with van der Waals surface area (Å²) in [7, 11) is 0. The van der Waals surface area contributed by atoms with Crippen LogP contribution >= 0.6 is 0 Å². The summed E-state index contributed by atoms with van der Waals surface area (Å²) in [6.45, 7) is 5.37. The molecule has 0 aromatic carbocycles. The number of fused-ring (bicyclic) bond motifs is 1. The summed E-state index contributed by atoms with van der Waals surface area (Å²) < 4.78 is 5.95. The van der Waals surface area contributed by atoms with Gasteiger partial charge in [0.1, 0.15) is 12.3 Å². The first kappa shape index (κ1) is 23.2. The fourth-order valence-electron chi connectivity index (χ4n) is 6.50. The van der Waals surface area contributed by atoms with Gasteiger partial charge in [-0.15, -0.1) is 0 Å². The van der Waals surface area contributed by atoms with Crippen LogP contribution in [-0.4, -0.2) is 55.3 Å².